The van der Waals surface area contributed by atoms with E-state index in [1.165, 1.54) is 0 Å². The van der Waals surface area contributed by atoms with Crippen LogP contribution in [0.1, 0.15) is 19.5 Å². The predicted octanol–water partition coefficient (Wildman–Crippen LogP) is 2.82. The standard InChI is InChI=1S/C10H13NS/c1-4-12(5-2)10-8-6-7-9(3)11-10/h4,6-8H,1-3H3. The fourth-order valence-corrected chi connectivity index (χ4v) is 2.14. The largest absolute Gasteiger partial charge is 0.243 e. The van der Waals surface area contributed by atoms with E-state index in [0.717, 1.165) is 10.7 Å². The summed E-state index contributed by atoms with van der Waals surface area (Å²) in [5.41, 5.74) is 1.07. The van der Waals surface area contributed by atoms with Gasteiger partial charge < -0.3 is 0 Å². The van der Waals surface area contributed by atoms with E-state index >= 15 is 0 Å². The second kappa shape index (κ2) is 4.15. The summed E-state index contributed by atoms with van der Waals surface area (Å²) in [7, 11) is 0.00182. The van der Waals surface area contributed by atoms with Crippen molar-refractivity contribution in [1.29, 1.82) is 0 Å². The summed E-state index contributed by atoms with van der Waals surface area (Å²) in [6, 6.07) is 6.10. The van der Waals surface area contributed by atoms with Crippen LogP contribution in [0.5, 0.6) is 0 Å². The molecule has 0 fully saturated rings. The van der Waals surface area contributed by atoms with Gasteiger partial charge in [0.05, 0.1) is 0 Å². The van der Waals surface area contributed by atoms with Gasteiger partial charge in [0.15, 0.2) is 0 Å². The van der Waals surface area contributed by atoms with Crippen molar-refractivity contribution in [2.45, 2.75) is 25.8 Å². The van der Waals surface area contributed by atoms with Gasteiger partial charge in [-0.2, -0.15) is 0 Å². The molecule has 0 N–H and O–H groups in total. The first kappa shape index (κ1) is 9.11. The Morgan fingerprint density at radius 2 is 2.25 bits per heavy atom. The van der Waals surface area contributed by atoms with E-state index < -0.39 is 0 Å². The van der Waals surface area contributed by atoms with Crippen molar-refractivity contribution in [3.8, 4) is 5.18 Å². The smallest absolute Gasteiger partial charge is 0.114 e. The molecule has 1 heterocycles. The maximum atomic E-state index is 4.43. The topological polar surface area (TPSA) is 12.9 Å². The van der Waals surface area contributed by atoms with Crippen LogP contribution in [-0.4, -0.2) is 10.4 Å². The number of pyridine rings is 1. The van der Waals surface area contributed by atoms with Gasteiger partial charge >= 0.3 is 0 Å². The maximum Gasteiger partial charge on any atom is 0.114 e. The van der Waals surface area contributed by atoms with Crippen LogP contribution in [-0.2, 0) is 0 Å². The fraction of sp³-hybridized carbons (Fsp3) is 0.300. The Bertz CT molecular complexity index is 409. The van der Waals surface area contributed by atoms with Crippen molar-refractivity contribution in [1.82, 2.24) is 4.98 Å². The number of hydrogen-bond donors (Lipinski definition) is 0. The van der Waals surface area contributed by atoms with Crippen LogP contribution in [0.3, 0.4) is 0 Å². The van der Waals surface area contributed by atoms with E-state index in [9.17, 15) is 0 Å². The molecule has 12 heavy (non-hydrogen) atoms. The third-order valence-corrected chi connectivity index (χ3v) is 3.13. The maximum absolute atomic E-state index is 4.43. The Labute approximate surface area is 75.6 Å². The van der Waals surface area contributed by atoms with E-state index in [4.69, 9.17) is 0 Å². The number of aromatic nitrogens is 1. The van der Waals surface area contributed by atoms with Crippen molar-refractivity contribution in [2.75, 3.05) is 0 Å². The van der Waals surface area contributed by atoms with Gasteiger partial charge in [-0.1, -0.05) is 11.3 Å². The van der Waals surface area contributed by atoms with Gasteiger partial charge in [0.25, 0.3) is 0 Å². The zero-order valence-electron chi connectivity index (χ0n) is 7.66. The molecule has 0 amide bonds. The van der Waals surface area contributed by atoms with Gasteiger partial charge in [-0.25, -0.2) is 4.98 Å². The van der Waals surface area contributed by atoms with Gasteiger partial charge in [0.1, 0.15) is 5.03 Å². The summed E-state index contributed by atoms with van der Waals surface area (Å²) in [5.74, 6) is 0. The minimum absolute atomic E-state index is 0.00182. The van der Waals surface area contributed by atoms with Gasteiger partial charge in [-0.05, 0) is 38.3 Å². The van der Waals surface area contributed by atoms with Crippen molar-refractivity contribution < 1.29 is 0 Å². The fourth-order valence-electron chi connectivity index (χ4n) is 0.984. The Kier molecular flexibility index (Phi) is 3.15. The lowest BCUT2D eigenvalue weighted by atomic mass is 10.4. The minimum Gasteiger partial charge on any atom is -0.243 e. The molecule has 0 atom stereocenters. The monoisotopic (exact) mass is 179 g/mol. The molecular formula is C10H13NS. The molecule has 0 radical (unpaired) electrons. The molecule has 0 bridgehead atoms. The first-order valence-corrected chi connectivity index (χ1v) is 5.20. The quantitative estimate of drug-likeness (QED) is 0.558. The molecule has 1 aromatic heterocycles. The number of nitrogens with zero attached hydrogens (tertiary/aromatic N) is 1. The summed E-state index contributed by atoms with van der Waals surface area (Å²) < 4.78 is 0. The summed E-state index contributed by atoms with van der Waals surface area (Å²) in [4.78, 5) is 4.43. The van der Waals surface area contributed by atoms with E-state index in [1.807, 2.05) is 39.0 Å². The number of rotatable bonds is 0. The molecule has 1 rings (SSSR count). The molecule has 1 aromatic rings. The zero-order valence-corrected chi connectivity index (χ0v) is 8.48. The second-order valence-corrected chi connectivity index (χ2v) is 4.37. The van der Waals surface area contributed by atoms with Crippen molar-refractivity contribution >= 4 is 15.3 Å². The highest BCUT2D eigenvalue weighted by Crippen LogP contribution is 2.11. The van der Waals surface area contributed by atoms with E-state index in [0.29, 0.717) is 0 Å². The molecule has 0 aliphatic rings. The molecule has 2 heteroatoms. The van der Waals surface area contributed by atoms with Crippen LogP contribution in [0.15, 0.2) is 23.2 Å². The first-order chi connectivity index (χ1) is 5.77. The van der Waals surface area contributed by atoms with Crippen molar-refractivity contribution in [2.24, 2.45) is 0 Å². The van der Waals surface area contributed by atoms with Gasteiger partial charge in [-0.3, -0.25) is 0 Å². The van der Waals surface area contributed by atoms with Crippen LogP contribution in [0.2, 0.25) is 0 Å². The Morgan fingerprint density at radius 1 is 1.50 bits per heavy atom. The molecule has 0 saturated heterocycles. The highest BCUT2D eigenvalue weighted by molar-refractivity contribution is 8.05. The predicted molar refractivity (Wildman–Crippen MR) is 56.1 cm³/mol. The third-order valence-electron chi connectivity index (χ3n) is 1.54. The first-order valence-electron chi connectivity index (χ1n) is 3.91. The normalized spacial score (nSPS) is 11.1. The Balaban J connectivity index is 3.28. The molecule has 0 aliphatic carbocycles. The lowest BCUT2D eigenvalue weighted by molar-refractivity contribution is 1.07. The lowest BCUT2D eigenvalue weighted by Gasteiger charge is -1.95. The van der Waals surface area contributed by atoms with Gasteiger partial charge in [0.2, 0.25) is 0 Å². The lowest BCUT2D eigenvalue weighted by Crippen LogP contribution is -1.81. The molecule has 0 saturated carbocycles. The second-order valence-electron chi connectivity index (χ2n) is 2.39. The number of hydrogen-bond acceptors (Lipinski definition) is 1. The van der Waals surface area contributed by atoms with Gasteiger partial charge in [-0.15, -0.1) is 9.89 Å². The molecule has 0 spiro atoms. The highest BCUT2D eigenvalue weighted by atomic mass is 32.2. The van der Waals surface area contributed by atoms with Gasteiger partial charge in [0, 0.05) is 5.69 Å². The minimum atomic E-state index is 0.00182. The summed E-state index contributed by atoms with van der Waals surface area (Å²) in [6.45, 7) is 6.01. The van der Waals surface area contributed by atoms with E-state index in [2.05, 4.69) is 15.5 Å². The molecule has 64 valence electrons. The van der Waals surface area contributed by atoms with Crippen LogP contribution in [0.25, 0.3) is 0 Å². The Hall–Kier alpha value is -0.980. The SMILES string of the molecule is CC#S(=CC)c1cccc(C)n1. The molecular weight excluding hydrogens is 166 g/mol. The summed E-state index contributed by atoms with van der Waals surface area (Å²) in [6.07, 6.45) is 0. The van der Waals surface area contributed by atoms with Crippen LogP contribution < -0.4 is 0 Å². The average molecular weight is 179 g/mol. The van der Waals surface area contributed by atoms with Crippen molar-refractivity contribution in [3.63, 3.8) is 0 Å². The summed E-state index contributed by atoms with van der Waals surface area (Å²) >= 11 is 0. The molecule has 0 aromatic carbocycles. The zero-order chi connectivity index (χ0) is 8.97. The van der Waals surface area contributed by atoms with E-state index in [1.54, 1.807) is 0 Å². The van der Waals surface area contributed by atoms with E-state index in [-0.39, 0.29) is 9.89 Å². The van der Waals surface area contributed by atoms with Crippen LogP contribution >= 0.6 is 9.89 Å². The number of aryl methyl sites for hydroxylation is 1. The molecule has 1 nitrogen and oxygen atoms in total. The highest BCUT2D eigenvalue weighted by Gasteiger charge is 1.89. The van der Waals surface area contributed by atoms with Crippen LogP contribution in [0.4, 0.5) is 0 Å². The molecule has 0 unspecified atom stereocenters. The Morgan fingerprint density at radius 3 is 2.75 bits per heavy atom. The van der Waals surface area contributed by atoms with Crippen molar-refractivity contribution in [3.05, 3.63) is 23.9 Å². The average Bonchev–Trinajstić information content (AvgIpc) is 2.07. The summed E-state index contributed by atoms with van der Waals surface area (Å²) in [5, 5.41) is 6.44. The van der Waals surface area contributed by atoms with Crippen LogP contribution in [0, 0.1) is 12.1 Å². The third kappa shape index (κ3) is 2.00. The molecule has 0 aliphatic heterocycles.